The van der Waals surface area contributed by atoms with Gasteiger partial charge < -0.3 is 10.6 Å². The molecule has 4 nitrogen and oxygen atoms in total. The average molecular weight is 609 g/mol. The number of rotatable bonds is 5. The van der Waals surface area contributed by atoms with E-state index in [1.807, 2.05) is 0 Å². The molecule has 0 aliphatic heterocycles. The fourth-order valence-corrected chi connectivity index (χ4v) is 5.63. The zero-order chi connectivity index (χ0) is 24.8. The van der Waals surface area contributed by atoms with E-state index in [4.69, 9.17) is 46.4 Å². The van der Waals surface area contributed by atoms with Crippen molar-refractivity contribution < 1.29 is 18.4 Å². The molecule has 3 unspecified atom stereocenters. The van der Waals surface area contributed by atoms with Crippen LogP contribution in [0.4, 0.5) is 20.2 Å². The first-order valence-electron chi connectivity index (χ1n) is 9.68. The molecule has 3 aromatic carbocycles. The lowest BCUT2D eigenvalue weighted by atomic mass is 10.1. The van der Waals surface area contributed by atoms with Gasteiger partial charge in [-0.2, -0.15) is 0 Å². The van der Waals surface area contributed by atoms with Crippen molar-refractivity contribution in [2.75, 3.05) is 10.6 Å². The van der Waals surface area contributed by atoms with Crippen LogP contribution in [0.15, 0.2) is 54.6 Å². The van der Waals surface area contributed by atoms with Gasteiger partial charge in [0.15, 0.2) is 0 Å². The lowest BCUT2D eigenvalue weighted by Crippen LogP contribution is -2.18. The molecule has 0 spiro atoms. The van der Waals surface area contributed by atoms with E-state index >= 15 is 0 Å². The molecular formula is C23H13BrCl4F2N2O2. The zero-order valence-electron chi connectivity index (χ0n) is 16.8. The average Bonchev–Trinajstić information content (AvgIpc) is 3.33. The van der Waals surface area contributed by atoms with Crippen LogP contribution >= 0.6 is 62.3 Å². The number of alkyl halides is 2. The fourth-order valence-electron chi connectivity index (χ4n) is 3.60. The Morgan fingerprint density at radius 3 is 2.24 bits per heavy atom. The molecule has 4 rings (SSSR count). The van der Waals surface area contributed by atoms with Crippen LogP contribution in [0.3, 0.4) is 0 Å². The molecule has 2 N–H and O–H groups in total. The number of carbonyl (C=O) groups excluding carboxylic acids is 2. The van der Waals surface area contributed by atoms with Gasteiger partial charge in [-0.3, -0.25) is 9.59 Å². The molecule has 176 valence electrons. The Morgan fingerprint density at radius 2 is 1.59 bits per heavy atom. The van der Waals surface area contributed by atoms with E-state index in [1.165, 1.54) is 18.2 Å². The van der Waals surface area contributed by atoms with Gasteiger partial charge in [-0.15, -0.1) is 11.6 Å². The molecule has 0 aromatic heterocycles. The van der Waals surface area contributed by atoms with Gasteiger partial charge in [-0.05, 0) is 54.1 Å². The lowest BCUT2D eigenvalue weighted by molar-refractivity contribution is -0.117. The molecular weight excluding hydrogens is 596 g/mol. The summed E-state index contributed by atoms with van der Waals surface area (Å²) < 4.78 is 26.0. The molecule has 11 heteroatoms. The number of benzene rings is 3. The number of nitrogens with one attached hydrogen (secondary N) is 2. The quantitative estimate of drug-likeness (QED) is 0.290. The molecule has 1 fully saturated rings. The first kappa shape index (κ1) is 25.2. The Labute approximate surface area is 221 Å². The Morgan fingerprint density at radius 1 is 0.912 bits per heavy atom. The third-order valence-corrected chi connectivity index (χ3v) is 7.46. The van der Waals surface area contributed by atoms with Crippen molar-refractivity contribution in [1.82, 2.24) is 0 Å². The number of hydrogen-bond donors (Lipinski definition) is 2. The first-order chi connectivity index (χ1) is 16.0. The minimum atomic E-state index is -1.04. The van der Waals surface area contributed by atoms with Gasteiger partial charge in [0.25, 0.3) is 5.91 Å². The number of amides is 2. The lowest BCUT2D eigenvalue weighted by Gasteiger charge is -2.11. The summed E-state index contributed by atoms with van der Waals surface area (Å²) in [5.74, 6) is -3.93. The van der Waals surface area contributed by atoms with Crippen molar-refractivity contribution in [3.63, 3.8) is 0 Å². The van der Waals surface area contributed by atoms with Crippen LogP contribution in [-0.2, 0) is 4.79 Å². The molecule has 0 bridgehead atoms. The molecule has 0 heterocycles. The van der Waals surface area contributed by atoms with Crippen LogP contribution in [-0.4, -0.2) is 15.6 Å². The van der Waals surface area contributed by atoms with Crippen molar-refractivity contribution in [1.29, 1.82) is 0 Å². The molecule has 1 aliphatic carbocycles. The van der Waals surface area contributed by atoms with E-state index in [0.29, 0.717) is 21.7 Å². The molecule has 0 radical (unpaired) electrons. The third-order valence-electron chi connectivity index (χ3n) is 5.24. The van der Waals surface area contributed by atoms with Gasteiger partial charge in [0.1, 0.15) is 15.4 Å². The maximum atomic E-state index is 13.9. The summed E-state index contributed by atoms with van der Waals surface area (Å²) in [6, 6.07) is 11.9. The predicted molar refractivity (Wildman–Crippen MR) is 135 cm³/mol. The molecule has 3 atom stereocenters. The van der Waals surface area contributed by atoms with Gasteiger partial charge in [0, 0.05) is 27.7 Å². The van der Waals surface area contributed by atoms with E-state index in [2.05, 4.69) is 26.6 Å². The summed E-state index contributed by atoms with van der Waals surface area (Å²) in [6.07, 6.45) is 0. The largest absolute Gasteiger partial charge is 0.326 e. The second kappa shape index (κ2) is 9.63. The molecule has 1 aliphatic rings. The summed E-state index contributed by atoms with van der Waals surface area (Å²) in [4.78, 5) is 25.6. The Bertz CT molecular complexity index is 1300. The van der Waals surface area contributed by atoms with Crippen LogP contribution in [0.5, 0.6) is 0 Å². The zero-order valence-corrected chi connectivity index (χ0v) is 21.4. The summed E-state index contributed by atoms with van der Waals surface area (Å²) in [7, 11) is 0. The van der Waals surface area contributed by atoms with Gasteiger partial charge in [-0.1, -0.05) is 50.7 Å². The predicted octanol–water partition coefficient (Wildman–Crippen LogP) is 7.86. The number of halogens is 7. The number of anilines is 2. The van der Waals surface area contributed by atoms with Gasteiger partial charge in [0.2, 0.25) is 5.91 Å². The van der Waals surface area contributed by atoms with Crippen LogP contribution in [0, 0.1) is 17.6 Å². The SMILES string of the molecule is O=C(Nc1ccc(F)cc1F)c1cc(NC(=O)C2C(c3cc(Cl)cc(Cl)c3)C2(Cl)Br)ccc1Cl. The normalized spacial score (nSPS) is 21.1. The molecule has 34 heavy (non-hydrogen) atoms. The van der Waals surface area contributed by atoms with Crippen molar-refractivity contribution in [3.8, 4) is 0 Å². The van der Waals surface area contributed by atoms with E-state index in [0.717, 1.165) is 12.1 Å². The maximum Gasteiger partial charge on any atom is 0.257 e. The van der Waals surface area contributed by atoms with Crippen LogP contribution in [0.1, 0.15) is 21.8 Å². The van der Waals surface area contributed by atoms with Crippen molar-refractivity contribution in [3.05, 3.63) is 92.4 Å². The van der Waals surface area contributed by atoms with Gasteiger partial charge >= 0.3 is 0 Å². The first-order valence-corrected chi connectivity index (χ1v) is 12.0. The summed E-state index contributed by atoms with van der Waals surface area (Å²) in [6.45, 7) is 0. The fraction of sp³-hybridized carbons (Fsp3) is 0.130. The molecule has 1 saturated carbocycles. The second-order valence-corrected chi connectivity index (χ2v) is 11.3. The van der Waals surface area contributed by atoms with E-state index in [1.54, 1.807) is 18.2 Å². The highest BCUT2D eigenvalue weighted by Crippen LogP contribution is 2.66. The topological polar surface area (TPSA) is 58.2 Å². The van der Waals surface area contributed by atoms with Crippen molar-refractivity contribution in [2.45, 2.75) is 9.70 Å². The second-order valence-electron chi connectivity index (χ2n) is 7.59. The Kier molecular flexibility index (Phi) is 7.14. The van der Waals surface area contributed by atoms with Crippen LogP contribution in [0.25, 0.3) is 0 Å². The maximum absolute atomic E-state index is 13.9. The summed E-state index contributed by atoms with van der Waals surface area (Å²) >= 11 is 28.2. The summed E-state index contributed by atoms with van der Waals surface area (Å²) in [5, 5.41) is 5.95. The molecule has 0 saturated heterocycles. The highest BCUT2D eigenvalue weighted by molar-refractivity contribution is 9.10. The monoisotopic (exact) mass is 606 g/mol. The van der Waals surface area contributed by atoms with E-state index < -0.39 is 39.1 Å². The Balaban J connectivity index is 1.52. The van der Waals surface area contributed by atoms with E-state index in [9.17, 15) is 18.4 Å². The number of carbonyl (C=O) groups is 2. The van der Waals surface area contributed by atoms with Gasteiger partial charge in [0.05, 0.1) is 22.2 Å². The number of hydrogen-bond acceptors (Lipinski definition) is 2. The minimum absolute atomic E-state index is 0.0202. The molecule has 3 aromatic rings. The van der Waals surface area contributed by atoms with Crippen molar-refractivity contribution in [2.24, 2.45) is 5.92 Å². The van der Waals surface area contributed by atoms with E-state index in [-0.39, 0.29) is 22.0 Å². The smallest absolute Gasteiger partial charge is 0.257 e. The van der Waals surface area contributed by atoms with Crippen molar-refractivity contribution >= 4 is 85.5 Å². The standard InChI is InChI=1S/C23H13BrCl4F2N2O2/c24-23(28)19(10-5-11(25)7-12(26)6-10)20(23)22(34)31-14-2-3-16(27)15(9-14)21(33)32-18-4-1-13(29)8-17(18)30/h1-9,19-20H,(H,31,34)(H,32,33). The third kappa shape index (κ3) is 5.19. The molecule has 2 amide bonds. The van der Waals surface area contributed by atoms with Gasteiger partial charge in [-0.25, -0.2) is 8.78 Å². The van der Waals surface area contributed by atoms with Crippen LogP contribution < -0.4 is 10.6 Å². The Hall–Kier alpha value is -1.90. The van der Waals surface area contributed by atoms with Crippen LogP contribution in [0.2, 0.25) is 15.1 Å². The highest BCUT2D eigenvalue weighted by atomic mass is 79.9. The summed E-state index contributed by atoms with van der Waals surface area (Å²) in [5.41, 5.74) is 0.730. The highest BCUT2D eigenvalue weighted by Gasteiger charge is 2.67. The minimum Gasteiger partial charge on any atom is -0.326 e.